The zero-order chi connectivity index (χ0) is 15.3. The summed E-state index contributed by atoms with van der Waals surface area (Å²) in [5.41, 5.74) is 0. The molecule has 0 saturated carbocycles. The zero-order valence-corrected chi connectivity index (χ0v) is 11.5. The highest BCUT2D eigenvalue weighted by molar-refractivity contribution is 7.89. The largest absolute Gasteiger partial charge is 0.395 e. The quantitative estimate of drug-likeness (QED) is 0.754. The average Bonchev–Trinajstić information content (AvgIpc) is 2.40. The number of halogens is 3. The van der Waals surface area contributed by atoms with E-state index in [9.17, 15) is 21.6 Å². The van der Waals surface area contributed by atoms with E-state index in [1.807, 2.05) is 0 Å². The summed E-state index contributed by atoms with van der Waals surface area (Å²) in [7, 11) is -3.06. The van der Waals surface area contributed by atoms with Crippen molar-refractivity contribution in [2.24, 2.45) is 0 Å². The maximum atomic E-state index is 13.6. The molecule has 0 aliphatic heterocycles. The van der Waals surface area contributed by atoms with Gasteiger partial charge in [0.2, 0.25) is 10.0 Å². The van der Waals surface area contributed by atoms with Crippen molar-refractivity contribution in [2.75, 3.05) is 33.4 Å². The molecule has 20 heavy (non-hydrogen) atoms. The summed E-state index contributed by atoms with van der Waals surface area (Å²) < 4.78 is 69.2. The Morgan fingerprint density at radius 1 is 1.20 bits per heavy atom. The Balaban J connectivity index is 3.22. The Kier molecular flexibility index (Phi) is 5.93. The van der Waals surface area contributed by atoms with Crippen LogP contribution in [0.5, 0.6) is 0 Å². The Morgan fingerprint density at radius 2 is 1.85 bits per heavy atom. The van der Waals surface area contributed by atoms with Gasteiger partial charge in [0, 0.05) is 20.2 Å². The van der Waals surface area contributed by atoms with Crippen LogP contribution in [0.4, 0.5) is 13.2 Å². The number of sulfonamides is 1. The van der Waals surface area contributed by atoms with Gasteiger partial charge in [-0.05, 0) is 12.1 Å². The predicted octanol–water partition coefficient (Wildman–Crippen LogP) is 0.733. The summed E-state index contributed by atoms with van der Waals surface area (Å²) in [6, 6.07) is 1.17. The lowest BCUT2D eigenvalue weighted by Gasteiger charge is -2.21. The molecule has 114 valence electrons. The van der Waals surface area contributed by atoms with Crippen LogP contribution in [-0.4, -0.2) is 51.2 Å². The minimum Gasteiger partial charge on any atom is -0.395 e. The van der Waals surface area contributed by atoms with E-state index in [4.69, 9.17) is 9.84 Å². The van der Waals surface area contributed by atoms with Gasteiger partial charge in [0.25, 0.3) is 0 Å². The lowest BCUT2D eigenvalue weighted by atomic mass is 10.3. The van der Waals surface area contributed by atoms with Crippen molar-refractivity contribution in [2.45, 2.75) is 4.90 Å². The lowest BCUT2D eigenvalue weighted by molar-refractivity contribution is 0.168. The van der Waals surface area contributed by atoms with Crippen LogP contribution in [0.25, 0.3) is 0 Å². The molecule has 0 heterocycles. The molecule has 0 spiro atoms. The van der Waals surface area contributed by atoms with Crippen molar-refractivity contribution in [1.82, 2.24) is 4.31 Å². The van der Waals surface area contributed by atoms with E-state index >= 15 is 0 Å². The number of benzene rings is 1. The standard InChI is InChI=1S/C11H14F3NO4S/c1-19-7-5-15(4-6-16)20(17,18)9-3-2-8(12)10(13)11(9)14/h2-3,16H,4-7H2,1H3. The van der Waals surface area contributed by atoms with E-state index < -0.39 is 39.0 Å². The molecule has 0 aliphatic carbocycles. The summed E-state index contributed by atoms with van der Waals surface area (Å²) in [5, 5.41) is 8.84. The van der Waals surface area contributed by atoms with Crippen LogP contribution >= 0.6 is 0 Å². The van der Waals surface area contributed by atoms with E-state index in [1.54, 1.807) is 0 Å². The molecule has 0 amide bonds. The first-order valence-corrected chi connectivity index (χ1v) is 7.03. The molecule has 0 atom stereocenters. The number of rotatable bonds is 7. The van der Waals surface area contributed by atoms with Crippen LogP contribution in [0.15, 0.2) is 17.0 Å². The van der Waals surface area contributed by atoms with E-state index in [2.05, 4.69) is 0 Å². The van der Waals surface area contributed by atoms with E-state index in [-0.39, 0.29) is 19.7 Å². The van der Waals surface area contributed by atoms with Gasteiger partial charge in [-0.1, -0.05) is 0 Å². The molecule has 0 radical (unpaired) electrons. The van der Waals surface area contributed by atoms with Crippen LogP contribution in [0.2, 0.25) is 0 Å². The first kappa shape index (κ1) is 16.9. The molecule has 0 aromatic heterocycles. The fourth-order valence-electron chi connectivity index (χ4n) is 1.50. The summed E-state index contributed by atoms with van der Waals surface area (Å²) in [5.74, 6) is -5.13. The van der Waals surface area contributed by atoms with Crippen molar-refractivity contribution in [3.8, 4) is 0 Å². The highest BCUT2D eigenvalue weighted by Crippen LogP contribution is 2.22. The van der Waals surface area contributed by atoms with E-state index in [0.717, 1.165) is 4.31 Å². The van der Waals surface area contributed by atoms with Crippen molar-refractivity contribution in [1.29, 1.82) is 0 Å². The smallest absolute Gasteiger partial charge is 0.246 e. The van der Waals surface area contributed by atoms with Crippen LogP contribution in [0.1, 0.15) is 0 Å². The third kappa shape index (κ3) is 3.48. The van der Waals surface area contributed by atoms with Crippen LogP contribution in [-0.2, 0) is 14.8 Å². The van der Waals surface area contributed by atoms with Gasteiger partial charge < -0.3 is 9.84 Å². The summed E-state index contributed by atoms with van der Waals surface area (Å²) in [6.07, 6.45) is 0. The van der Waals surface area contributed by atoms with Gasteiger partial charge in [-0.3, -0.25) is 0 Å². The highest BCUT2D eigenvalue weighted by Gasteiger charge is 2.29. The summed E-state index contributed by atoms with van der Waals surface area (Å²) in [6.45, 7) is -0.972. The molecule has 1 rings (SSSR count). The maximum absolute atomic E-state index is 13.6. The van der Waals surface area contributed by atoms with Gasteiger partial charge in [-0.15, -0.1) is 0 Å². The van der Waals surface area contributed by atoms with Gasteiger partial charge in [-0.2, -0.15) is 4.31 Å². The minimum atomic E-state index is -4.39. The Labute approximate surface area is 114 Å². The molecule has 1 aromatic carbocycles. The van der Waals surface area contributed by atoms with Gasteiger partial charge in [0.15, 0.2) is 17.5 Å². The van der Waals surface area contributed by atoms with E-state index in [0.29, 0.717) is 12.1 Å². The van der Waals surface area contributed by atoms with Gasteiger partial charge >= 0.3 is 0 Å². The van der Waals surface area contributed by atoms with Gasteiger partial charge in [0.05, 0.1) is 13.2 Å². The van der Waals surface area contributed by atoms with Crippen molar-refractivity contribution < 1.29 is 31.4 Å². The average molecular weight is 313 g/mol. The fraction of sp³-hybridized carbons (Fsp3) is 0.455. The molecular formula is C11H14F3NO4S. The Hall–Kier alpha value is -1.16. The van der Waals surface area contributed by atoms with Gasteiger partial charge in [0.1, 0.15) is 4.90 Å². The van der Waals surface area contributed by atoms with Gasteiger partial charge in [-0.25, -0.2) is 21.6 Å². The number of methoxy groups -OCH3 is 1. The molecular weight excluding hydrogens is 299 g/mol. The monoisotopic (exact) mass is 313 g/mol. The first-order chi connectivity index (χ1) is 9.36. The number of aliphatic hydroxyl groups is 1. The number of hydrogen-bond acceptors (Lipinski definition) is 4. The second kappa shape index (κ2) is 7.02. The van der Waals surface area contributed by atoms with E-state index in [1.165, 1.54) is 7.11 Å². The molecule has 1 N–H and O–H groups in total. The molecule has 1 aromatic rings. The minimum absolute atomic E-state index is 0.00449. The lowest BCUT2D eigenvalue weighted by Crippen LogP contribution is -2.36. The topological polar surface area (TPSA) is 66.8 Å². The SMILES string of the molecule is COCCN(CCO)S(=O)(=O)c1ccc(F)c(F)c1F. The molecule has 9 heteroatoms. The molecule has 5 nitrogen and oxygen atoms in total. The molecule has 0 saturated heterocycles. The first-order valence-electron chi connectivity index (χ1n) is 5.59. The molecule has 0 fully saturated rings. The van der Waals surface area contributed by atoms with Crippen LogP contribution < -0.4 is 0 Å². The number of ether oxygens (including phenoxy) is 1. The maximum Gasteiger partial charge on any atom is 0.246 e. The number of aliphatic hydroxyl groups excluding tert-OH is 1. The number of nitrogens with zero attached hydrogens (tertiary/aromatic N) is 1. The normalized spacial score (nSPS) is 12.1. The summed E-state index contributed by atoms with van der Waals surface area (Å²) >= 11 is 0. The zero-order valence-electron chi connectivity index (χ0n) is 10.6. The Morgan fingerprint density at radius 3 is 2.40 bits per heavy atom. The van der Waals surface area contributed by atoms with Crippen LogP contribution in [0, 0.1) is 17.5 Å². The highest BCUT2D eigenvalue weighted by atomic mass is 32.2. The fourth-order valence-corrected chi connectivity index (χ4v) is 2.97. The predicted molar refractivity (Wildman–Crippen MR) is 64.0 cm³/mol. The second-order valence-corrected chi connectivity index (χ2v) is 5.70. The van der Waals surface area contributed by atoms with Crippen molar-refractivity contribution in [3.05, 3.63) is 29.6 Å². The molecule has 0 bridgehead atoms. The van der Waals surface area contributed by atoms with Crippen molar-refractivity contribution in [3.63, 3.8) is 0 Å². The number of hydrogen-bond donors (Lipinski definition) is 1. The van der Waals surface area contributed by atoms with Crippen molar-refractivity contribution >= 4 is 10.0 Å². The molecule has 0 unspecified atom stereocenters. The summed E-state index contributed by atoms with van der Waals surface area (Å²) in [4.78, 5) is -0.985. The second-order valence-electron chi connectivity index (χ2n) is 3.79. The third-order valence-corrected chi connectivity index (χ3v) is 4.43. The third-order valence-electron chi connectivity index (χ3n) is 2.51. The molecule has 0 aliphatic rings. The van der Waals surface area contributed by atoms with Crippen LogP contribution in [0.3, 0.4) is 0 Å². The Bertz CT molecular complexity index is 565.